The van der Waals surface area contributed by atoms with Crippen LogP contribution in [0.15, 0.2) is 18.2 Å². The average molecular weight is 249 g/mol. The van der Waals surface area contributed by atoms with Gasteiger partial charge in [0.1, 0.15) is 0 Å². The summed E-state index contributed by atoms with van der Waals surface area (Å²) in [4.78, 5) is 0. The molecular weight excluding hydrogens is 230 g/mol. The summed E-state index contributed by atoms with van der Waals surface area (Å²) in [5.74, 6) is 1.89. The van der Waals surface area contributed by atoms with Gasteiger partial charge in [0.15, 0.2) is 11.5 Å². The molecule has 0 spiro atoms. The molecule has 0 radical (unpaired) electrons. The second-order valence-corrected chi connectivity index (χ2v) is 4.86. The monoisotopic (exact) mass is 249 g/mol. The molecule has 18 heavy (non-hydrogen) atoms. The van der Waals surface area contributed by atoms with E-state index in [1.807, 2.05) is 12.1 Å². The van der Waals surface area contributed by atoms with E-state index >= 15 is 0 Å². The summed E-state index contributed by atoms with van der Waals surface area (Å²) in [6, 6.07) is 6.07. The largest absolute Gasteiger partial charge is 0.454 e. The Labute approximate surface area is 107 Å². The van der Waals surface area contributed by atoms with Crippen molar-refractivity contribution in [3.63, 3.8) is 0 Å². The van der Waals surface area contributed by atoms with Crippen molar-refractivity contribution >= 4 is 0 Å². The zero-order valence-corrected chi connectivity index (χ0v) is 10.4. The van der Waals surface area contributed by atoms with Crippen molar-refractivity contribution in [1.29, 1.82) is 0 Å². The molecule has 4 heteroatoms. The lowest BCUT2D eigenvalue weighted by atomic mass is 9.89. The molecule has 2 atom stereocenters. The molecule has 1 saturated heterocycles. The van der Waals surface area contributed by atoms with Crippen LogP contribution in [0.5, 0.6) is 11.5 Å². The first-order valence-electron chi connectivity index (χ1n) is 6.59. The number of nitrogens with two attached hydrogens (primary N) is 1. The molecule has 2 heterocycles. The maximum Gasteiger partial charge on any atom is 0.231 e. The van der Waals surface area contributed by atoms with Crippen LogP contribution in [-0.4, -0.2) is 26.0 Å². The Morgan fingerprint density at radius 1 is 1.22 bits per heavy atom. The van der Waals surface area contributed by atoms with Gasteiger partial charge in [0, 0.05) is 19.1 Å². The predicted molar refractivity (Wildman–Crippen MR) is 68.0 cm³/mol. The van der Waals surface area contributed by atoms with Crippen LogP contribution in [-0.2, 0) is 4.74 Å². The fraction of sp³-hybridized carbons (Fsp3) is 0.571. The summed E-state index contributed by atoms with van der Waals surface area (Å²) >= 11 is 0. The molecule has 0 amide bonds. The quantitative estimate of drug-likeness (QED) is 0.890. The van der Waals surface area contributed by atoms with Crippen LogP contribution in [0.1, 0.15) is 30.7 Å². The van der Waals surface area contributed by atoms with Gasteiger partial charge in [-0.25, -0.2) is 0 Å². The van der Waals surface area contributed by atoms with Crippen LogP contribution in [0.25, 0.3) is 0 Å². The number of benzene rings is 1. The highest BCUT2D eigenvalue weighted by molar-refractivity contribution is 5.45. The van der Waals surface area contributed by atoms with Gasteiger partial charge in [-0.3, -0.25) is 0 Å². The zero-order chi connectivity index (χ0) is 12.4. The van der Waals surface area contributed by atoms with Gasteiger partial charge in [-0.05, 0) is 37.0 Å². The van der Waals surface area contributed by atoms with E-state index in [-0.39, 0.29) is 12.0 Å². The minimum Gasteiger partial charge on any atom is -0.454 e. The summed E-state index contributed by atoms with van der Waals surface area (Å²) in [5.41, 5.74) is 7.12. The molecule has 2 unspecified atom stereocenters. The number of hydrogen-bond donors (Lipinski definition) is 1. The van der Waals surface area contributed by atoms with Gasteiger partial charge in [0.2, 0.25) is 6.79 Å². The van der Waals surface area contributed by atoms with Gasteiger partial charge in [-0.15, -0.1) is 0 Å². The molecule has 1 aromatic carbocycles. The molecule has 0 saturated carbocycles. The minimum atomic E-state index is 0.240. The van der Waals surface area contributed by atoms with Gasteiger partial charge < -0.3 is 19.9 Å². The van der Waals surface area contributed by atoms with Gasteiger partial charge in [0.05, 0.1) is 6.10 Å². The van der Waals surface area contributed by atoms with E-state index in [9.17, 15) is 0 Å². The van der Waals surface area contributed by atoms with Crippen LogP contribution in [0.4, 0.5) is 0 Å². The molecule has 1 aromatic rings. The molecule has 4 nitrogen and oxygen atoms in total. The highest BCUT2D eigenvalue weighted by Crippen LogP contribution is 2.36. The van der Waals surface area contributed by atoms with Crippen molar-refractivity contribution in [1.82, 2.24) is 0 Å². The van der Waals surface area contributed by atoms with E-state index in [0.29, 0.717) is 13.3 Å². The highest BCUT2D eigenvalue weighted by atomic mass is 16.7. The van der Waals surface area contributed by atoms with Crippen molar-refractivity contribution in [3.8, 4) is 11.5 Å². The molecule has 2 aliphatic heterocycles. The summed E-state index contributed by atoms with van der Waals surface area (Å²) in [7, 11) is 0. The van der Waals surface area contributed by atoms with Gasteiger partial charge in [-0.1, -0.05) is 6.07 Å². The Hall–Kier alpha value is -1.26. The Balaban J connectivity index is 1.82. The molecule has 2 aliphatic rings. The van der Waals surface area contributed by atoms with Crippen LogP contribution >= 0.6 is 0 Å². The standard InChI is InChI=1S/C14H19NO3/c15-8-11(12-3-1-2-6-16-12)10-4-5-13-14(7-10)18-9-17-13/h4-5,7,11-12H,1-3,6,8-9,15H2. The molecule has 98 valence electrons. The average Bonchev–Trinajstić information content (AvgIpc) is 2.88. The predicted octanol–water partition coefficient (Wildman–Crippen LogP) is 2.03. The maximum atomic E-state index is 5.93. The van der Waals surface area contributed by atoms with E-state index < -0.39 is 0 Å². The maximum absolute atomic E-state index is 5.93. The molecule has 2 N–H and O–H groups in total. The number of ether oxygens (including phenoxy) is 3. The second kappa shape index (κ2) is 5.16. The molecular formula is C14H19NO3. The van der Waals surface area contributed by atoms with Crippen LogP contribution in [0, 0.1) is 0 Å². The Morgan fingerprint density at radius 2 is 2.11 bits per heavy atom. The van der Waals surface area contributed by atoms with Crippen LogP contribution in [0.3, 0.4) is 0 Å². The van der Waals surface area contributed by atoms with Gasteiger partial charge >= 0.3 is 0 Å². The molecule has 3 rings (SSSR count). The zero-order valence-electron chi connectivity index (χ0n) is 10.4. The van der Waals surface area contributed by atoms with Crippen molar-refractivity contribution in [2.45, 2.75) is 31.3 Å². The Morgan fingerprint density at radius 3 is 2.89 bits per heavy atom. The first kappa shape index (κ1) is 11.8. The SMILES string of the molecule is NCC(c1ccc2c(c1)OCO2)C1CCCCO1. The third-order valence-electron chi connectivity index (χ3n) is 3.74. The fourth-order valence-corrected chi connectivity index (χ4v) is 2.73. The summed E-state index contributed by atoms with van der Waals surface area (Å²) in [5, 5.41) is 0. The molecule has 0 aromatic heterocycles. The summed E-state index contributed by atoms with van der Waals surface area (Å²) < 4.78 is 16.6. The van der Waals surface area contributed by atoms with Crippen LogP contribution in [0.2, 0.25) is 0 Å². The van der Waals surface area contributed by atoms with E-state index in [1.54, 1.807) is 0 Å². The Bertz CT molecular complexity index is 416. The highest BCUT2D eigenvalue weighted by Gasteiger charge is 2.26. The number of fused-ring (bicyclic) bond motifs is 1. The smallest absolute Gasteiger partial charge is 0.231 e. The lowest BCUT2D eigenvalue weighted by Gasteiger charge is -2.30. The van der Waals surface area contributed by atoms with Crippen molar-refractivity contribution in [2.75, 3.05) is 19.9 Å². The van der Waals surface area contributed by atoms with E-state index in [0.717, 1.165) is 30.9 Å². The van der Waals surface area contributed by atoms with Crippen LogP contribution < -0.4 is 15.2 Å². The number of rotatable bonds is 3. The molecule has 1 fully saturated rings. The summed E-state index contributed by atoms with van der Waals surface area (Å²) in [6.45, 7) is 1.77. The lowest BCUT2D eigenvalue weighted by molar-refractivity contribution is 0.000560. The Kier molecular flexibility index (Phi) is 3.39. The molecule has 0 aliphatic carbocycles. The second-order valence-electron chi connectivity index (χ2n) is 4.86. The van der Waals surface area contributed by atoms with E-state index in [1.165, 1.54) is 12.0 Å². The van der Waals surface area contributed by atoms with Crippen molar-refractivity contribution in [2.24, 2.45) is 5.73 Å². The van der Waals surface area contributed by atoms with E-state index in [4.69, 9.17) is 19.9 Å². The first-order valence-corrected chi connectivity index (χ1v) is 6.59. The molecule has 0 bridgehead atoms. The van der Waals surface area contributed by atoms with E-state index in [2.05, 4.69) is 6.07 Å². The first-order chi connectivity index (χ1) is 8.88. The van der Waals surface area contributed by atoms with Gasteiger partial charge in [0.25, 0.3) is 0 Å². The van der Waals surface area contributed by atoms with Crippen molar-refractivity contribution < 1.29 is 14.2 Å². The lowest BCUT2D eigenvalue weighted by Crippen LogP contribution is -2.31. The normalized spacial score (nSPS) is 23.9. The fourth-order valence-electron chi connectivity index (χ4n) is 2.73. The van der Waals surface area contributed by atoms with Crippen molar-refractivity contribution in [3.05, 3.63) is 23.8 Å². The third kappa shape index (κ3) is 2.18. The number of hydrogen-bond acceptors (Lipinski definition) is 4. The van der Waals surface area contributed by atoms with Gasteiger partial charge in [-0.2, -0.15) is 0 Å². The summed E-state index contributed by atoms with van der Waals surface area (Å²) in [6.07, 6.45) is 3.72. The minimum absolute atomic E-state index is 0.240. The topological polar surface area (TPSA) is 53.7 Å². The third-order valence-corrected chi connectivity index (χ3v) is 3.74.